The molecule has 0 saturated carbocycles. The summed E-state index contributed by atoms with van der Waals surface area (Å²) < 4.78 is 17.1. The molecule has 0 heterocycles. The molecule has 0 unspecified atom stereocenters. The van der Waals surface area contributed by atoms with E-state index in [-0.39, 0.29) is 64.5 Å². The van der Waals surface area contributed by atoms with Crippen LogP contribution < -0.4 is 58.9 Å². The van der Waals surface area contributed by atoms with Gasteiger partial charge in [-0.1, -0.05) is 0 Å². The molecule has 66 valence electrons. The third-order valence-electron chi connectivity index (χ3n) is 0. The minimum absolute atomic E-state index is 0. The molecule has 13 heteroatoms. The summed E-state index contributed by atoms with van der Waals surface area (Å²) in [5, 5.41) is 0. The van der Waals surface area contributed by atoms with Crippen LogP contribution in [0.4, 0.5) is 0 Å². The van der Waals surface area contributed by atoms with Gasteiger partial charge in [0.1, 0.15) is 0 Å². The first-order valence-corrected chi connectivity index (χ1v) is 4.38. The third-order valence-corrected chi connectivity index (χ3v) is 0. The minimum atomic E-state index is -5.39. The average Bonchev–Trinajstić information content (AvgIpc) is 1.12. The van der Waals surface area contributed by atoms with Crippen molar-refractivity contribution in [1.29, 1.82) is 0 Å². The molecule has 0 spiro atoms. The molecule has 0 aliphatic carbocycles. The van der Waals surface area contributed by atoms with E-state index >= 15 is 0 Å². The number of hydrogen-bond acceptors (Lipinski definition) is 8. The minimum Gasteiger partial charge on any atom is -0.822 e. The predicted octanol–water partition coefficient (Wildman–Crippen LogP) is -9.41. The molecule has 13 heavy (non-hydrogen) atoms. The normalized spacial score (nSPS) is 9.08. The zero-order valence-corrected chi connectivity index (χ0v) is 13.3. The van der Waals surface area contributed by atoms with E-state index < -0.39 is 15.6 Å². The summed E-state index contributed by atoms with van der Waals surface area (Å²) in [4.78, 5) is 51.3. The predicted molar refractivity (Wildman–Crippen MR) is 26.7 cm³/mol. The van der Waals surface area contributed by atoms with Crippen LogP contribution >= 0.6 is 15.6 Å². The van der Waals surface area contributed by atoms with Crippen LogP contribution in [0, 0.1) is 0 Å². The first-order chi connectivity index (χ1) is 4.00. The number of phosphoric acid groups is 2. The molecule has 0 bridgehead atoms. The fraction of sp³-hybridized carbons (Fsp3) is 0. The van der Waals surface area contributed by atoms with Gasteiger partial charge in [-0.25, -0.2) is 0 Å². The van der Waals surface area contributed by atoms with Gasteiger partial charge in [0.15, 0.2) is 0 Å². The molecule has 0 aliphatic rings. The van der Waals surface area contributed by atoms with E-state index in [1.54, 1.807) is 0 Å². The molecule has 0 aromatic rings. The Balaban J connectivity index is -0.0000000267. The smallest absolute Gasteiger partial charge is 0.822 e. The van der Waals surface area contributed by atoms with Crippen LogP contribution in [0.2, 0.25) is 0 Å². The van der Waals surface area contributed by atoms with Crippen molar-refractivity contribution in [2.24, 2.45) is 0 Å². The fourth-order valence-electron chi connectivity index (χ4n) is 0. The van der Waals surface area contributed by atoms with Crippen LogP contribution in [0.3, 0.4) is 0 Å². The Morgan fingerprint density at radius 3 is 0.692 bits per heavy atom. The van der Waals surface area contributed by atoms with E-state index in [0.717, 1.165) is 0 Å². The first kappa shape index (κ1) is 29.5. The van der Waals surface area contributed by atoms with Gasteiger partial charge in [-0.2, -0.15) is 15.6 Å². The van der Waals surface area contributed by atoms with Crippen molar-refractivity contribution in [3.63, 3.8) is 0 Å². The summed E-state index contributed by atoms with van der Waals surface area (Å²) >= 11 is 0. The maximum absolute atomic E-state index is 8.55. The standard InChI is InChI=1S/Al.Ge.Na.2H3O4P/c;;;2*1-5(2,3)4/h;;;2*(H3,1,2,3,4)/q+3;+2;+1;;/p-6. The van der Waals surface area contributed by atoms with E-state index in [2.05, 4.69) is 0 Å². The van der Waals surface area contributed by atoms with Crippen LogP contribution in [-0.4, -0.2) is 35.0 Å². The van der Waals surface area contributed by atoms with Crippen molar-refractivity contribution in [2.45, 2.75) is 0 Å². The second kappa shape index (κ2) is 12.4. The third kappa shape index (κ3) is 410. The zero-order valence-electron chi connectivity index (χ0n) is 6.24. The number of hydrogen-bond donors (Lipinski definition) is 0. The summed E-state index contributed by atoms with van der Waals surface area (Å²) in [5.41, 5.74) is 0. The van der Waals surface area contributed by atoms with E-state index in [1.807, 2.05) is 0 Å². The van der Waals surface area contributed by atoms with Gasteiger partial charge < -0.3 is 38.5 Å². The Morgan fingerprint density at radius 1 is 0.692 bits per heavy atom. The SMILES string of the molecule is O=P([O-])([O-])[O-].O=P([O-])([O-])[O-].[Al+3].[Ge+2].[Na+]. The Labute approximate surface area is 118 Å². The van der Waals surface area contributed by atoms with Gasteiger partial charge in [0.05, 0.1) is 0 Å². The molecule has 0 aromatic carbocycles. The molecule has 0 N–H and O–H groups in total. The Kier molecular flexibility index (Phi) is 28.0. The van der Waals surface area contributed by atoms with Crippen molar-refractivity contribution < 1.29 is 68.0 Å². The first-order valence-electron chi connectivity index (χ1n) is 1.46. The molecule has 0 fully saturated rings. The van der Waals surface area contributed by atoms with Crippen molar-refractivity contribution in [2.75, 3.05) is 0 Å². The van der Waals surface area contributed by atoms with Gasteiger partial charge in [-0.05, 0) is 0 Å². The number of rotatable bonds is 0. The van der Waals surface area contributed by atoms with Gasteiger partial charge in [-0.15, -0.1) is 0 Å². The molecule has 8 nitrogen and oxygen atoms in total. The molecule has 0 rings (SSSR count). The second-order valence-electron chi connectivity index (χ2n) is 0.894. The van der Waals surface area contributed by atoms with Crippen molar-refractivity contribution in [1.82, 2.24) is 0 Å². The quantitative estimate of drug-likeness (QED) is 0.313. The van der Waals surface area contributed by atoms with Crippen LogP contribution in [0.25, 0.3) is 0 Å². The Hall–Kier alpha value is 2.30. The molecule has 0 atom stereocenters. The van der Waals surface area contributed by atoms with Crippen LogP contribution in [-0.2, 0) is 9.13 Å². The summed E-state index contributed by atoms with van der Waals surface area (Å²) in [6.45, 7) is 0. The van der Waals surface area contributed by atoms with E-state index in [1.165, 1.54) is 0 Å². The van der Waals surface area contributed by atoms with Gasteiger partial charge in [0.2, 0.25) is 0 Å². The Bertz CT molecular complexity index is 134. The van der Waals surface area contributed by atoms with E-state index in [4.69, 9.17) is 38.5 Å². The Morgan fingerprint density at radius 2 is 0.692 bits per heavy atom. The molecule has 2 radical (unpaired) electrons. The monoisotopic (exact) mass is 314 g/mol. The molecular weight excluding hydrogens is 313 g/mol. The van der Waals surface area contributed by atoms with Gasteiger partial charge in [-0.3, -0.25) is 0 Å². The zero-order chi connectivity index (χ0) is 9.00. The molecular formula is AlGeNaO8P2. The van der Waals surface area contributed by atoms with Crippen molar-refractivity contribution >= 4 is 50.6 Å². The van der Waals surface area contributed by atoms with Gasteiger partial charge in [0, 0.05) is 0 Å². The van der Waals surface area contributed by atoms with Crippen molar-refractivity contribution in [3.05, 3.63) is 0 Å². The second-order valence-corrected chi connectivity index (χ2v) is 2.68. The van der Waals surface area contributed by atoms with Gasteiger partial charge >= 0.3 is 64.5 Å². The van der Waals surface area contributed by atoms with Gasteiger partial charge in [0.25, 0.3) is 0 Å². The fourth-order valence-corrected chi connectivity index (χ4v) is 0. The topological polar surface area (TPSA) is 172 Å². The average molecular weight is 313 g/mol. The van der Waals surface area contributed by atoms with Crippen LogP contribution in [0.1, 0.15) is 0 Å². The molecule has 0 saturated heterocycles. The van der Waals surface area contributed by atoms with E-state index in [0.29, 0.717) is 0 Å². The van der Waals surface area contributed by atoms with E-state index in [9.17, 15) is 0 Å². The maximum atomic E-state index is 8.55. The molecule has 0 amide bonds. The maximum Gasteiger partial charge on any atom is 3.00 e. The summed E-state index contributed by atoms with van der Waals surface area (Å²) in [7, 11) is -10.8. The summed E-state index contributed by atoms with van der Waals surface area (Å²) in [6.07, 6.45) is 0. The van der Waals surface area contributed by atoms with Crippen molar-refractivity contribution in [3.8, 4) is 0 Å². The van der Waals surface area contributed by atoms with Crippen LogP contribution in [0.5, 0.6) is 0 Å². The molecule has 0 aromatic heterocycles. The molecule has 0 aliphatic heterocycles. The largest absolute Gasteiger partial charge is 3.00 e. The van der Waals surface area contributed by atoms with Crippen LogP contribution in [0.15, 0.2) is 0 Å². The summed E-state index contributed by atoms with van der Waals surface area (Å²) in [5.74, 6) is 0. The summed E-state index contributed by atoms with van der Waals surface area (Å²) in [6, 6.07) is 0.